The molecule has 0 unspecified atom stereocenters. The predicted octanol–water partition coefficient (Wildman–Crippen LogP) is 6.01. The molecule has 0 amide bonds. The minimum absolute atomic E-state index is 0.0246. The molecule has 166 valence electrons. The van der Waals surface area contributed by atoms with Crippen LogP contribution in [0.2, 0.25) is 0 Å². The van der Waals surface area contributed by atoms with Gasteiger partial charge >= 0.3 is 6.18 Å². The summed E-state index contributed by atoms with van der Waals surface area (Å²) in [5, 5.41) is 0.710. The van der Waals surface area contributed by atoms with Crippen LogP contribution in [0, 0.1) is 6.92 Å². The quantitative estimate of drug-likeness (QED) is 0.375. The molecule has 0 bridgehead atoms. The smallest absolute Gasteiger partial charge is 0.416 e. The van der Waals surface area contributed by atoms with Crippen molar-refractivity contribution >= 4 is 20.7 Å². The van der Waals surface area contributed by atoms with E-state index in [-0.39, 0.29) is 15.5 Å². The molecule has 0 fully saturated rings. The second-order valence-electron chi connectivity index (χ2n) is 7.51. The Hall–Kier alpha value is -3.26. The summed E-state index contributed by atoms with van der Waals surface area (Å²) in [7, 11) is -0.728. The molecule has 4 rings (SSSR count). The van der Waals surface area contributed by atoms with E-state index in [1.54, 1.807) is 48.0 Å². The van der Waals surface area contributed by atoms with E-state index < -0.39 is 21.6 Å². The third-order valence-electron chi connectivity index (χ3n) is 5.45. The Bertz CT molecular complexity index is 1400. The molecule has 8 heteroatoms. The highest BCUT2D eigenvalue weighted by atomic mass is 32.2. The lowest BCUT2D eigenvalue weighted by atomic mass is 10.1. The van der Waals surface area contributed by atoms with Gasteiger partial charge in [-0.15, -0.1) is 0 Å². The first-order valence-corrected chi connectivity index (χ1v) is 11.2. The number of fused-ring (bicyclic) bond motifs is 1. The maximum Gasteiger partial charge on any atom is 0.416 e. The van der Waals surface area contributed by atoms with Crippen molar-refractivity contribution in [3.63, 3.8) is 0 Å². The Morgan fingerprint density at radius 1 is 0.906 bits per heavy atom. The van der Waals surface area contributed by atoms with Crippen LogP contribution in [0.15, 0.2) is 76.5 Å². The first-order chi connectivity index (χ1) is 15.0. The zero-order chi connectivity index (χ0) is 23.3. The van der Waals surface area contributed by atoms with E-state index in [2.05, 4.69) is 0 Å². The Balaban J connectivity index is 1.88. The highest BCUT2D eigenvalue weighted by Crippen LogP contribution is 2.39. The second kappa shape index (κ2) is 7.70. The third kappa shape index (κ3) is 3.64. The van der Waals surface area contributed by atoms with Gasteiger partial charge in [0.2, 0.25) is 9.84 Å². The molecular formula is C24H20F3NO3S. The van der Waals surface area contributed by atoms with Gasteiger partial charge in [0.15, 0.2) is 5.75 Å². The van der Waals surface area contributed by atoms with Gasteiger partial charge in [0.05, 0.1) is 23.1 Å². The number of aromatic nitrogens is 1. The van der Waals surface area contributed by atoms with Gasteiger partial charge in [0.1, 0.15) is 4.90 Å². The topological polar surface area (TPSA) is 48.3 Å². The molecular weight excluding hydrogens is 439 g/mol. The Morgan fingerprint density at radius 2 is 1.53 bits per heavy atom. The molecule has 32 heavy (non-hydrogen) atoms. The van der Waals surface area contributed by atoms with Gasteiger partial charge in [-0.2, -0.15) is 13.2 Å². The number of ether oxygens (including phenoxy) is 1. The summed E-state index contributed by atoms with van der Waals surface area (Å²) in [6.45, 7) is 1.87. The van der Waals surface area contributed by atoms with E-state index >= 15 is 0 Å². The van der Waals surface area contributed by atoms with Crippen molar-refractivity contribution in [2.75, 3.05) is 7.11 Å². The van der Waals surface area contributed by atoms with Gasteiger partial charge in [-0.05, 0) is 48.9 Å². The highest BCUT2D eigenvalue weighted by molar-refractivity contribution is 7.91. The molecule has 0 saturated heterocycles. The second-order valence-corrected chi connectivity index (χ2v) is 9.43. The number of halogens is 3. The van der Waals surface area contributed by atoms with Crippen molar-refractivity contribution in [1.82, 2.24) is 4.57 Å². The van der Waals surface area contributed by atoms with Crippen molar-refractivity contribution in [3.8, 4) is 17.0 Å². The van der Waals surface area contributed by atoms with E-state index in [0.717, 1.165) is 17.7 Å². The molecule has 0 N–H and O–H groups in total. The number of sulfone groups is 1. The van der Waals surface area contributed by atoms with Crippen LogP contribution in [0.1, 0.15) is 11.1 Å². The van der Waals surface area contributed by atoms with Gasteiger partial charge in [0.25, 0.3) is 0 Å². The Labute approximate surface area is 183 Å². The van der Waals surface area contributed by atoms with Crippen LogP contribution >= 0.6 is 0 Å². The van der Waals surface area contributed by atoms with Crippen molar-refractivity contribution in [1.29, 1.82) is 0 Å². The fourth-order valence-electron chi connectivity index (χ4n) is 3.76. The number of hydrogen-bond donors (Lipinski definition) is 0. The number of aryl methyl sites for hydroxylation is 2. The van der Waals surface area contributed by atoms with Crippen LogP contribution < -0.4 is 4.74 Å². The third-order valence-corrected chi connectivity index (χ3v) is 7.24. The normalized spacial score (nSPS) is 12.3. The van der Waals surface area contributed by atoms with Gasteiger partial charge < -0.3 is 9.30 Å². The maximum atomic E-state index is 13.3. The lowest BCUT2D eigenvalue weighted by molar-refractivity contribution is -0.137. The molecule has 0 saturated carbocycles. The lowest BCUT2D eigenvalue weighted by Crippen LogP contribution is -2.06. The summed E-state index contributed by atoms with van der Waals surface area (Å²) in [6.07, 6.45) is -4.42. The van der Waals surface area contributed by atoms with Gasteiger partial charge in [-0.1, -0.05) is 35.9 Å². The van der Waals surface area contributed by atoms with E-state index in [1.165, 1.54) is 25.3 Å². The molecule has 0 spiro atoms. The molecule has 1 aromatic heterocycles. The summed E-state index contributed by atoms with van der Waals surface area (Å²) < 4.78 is 72.6. The first kappa shape index (κ1) is 22.0. The molecule has 4 aromatic rings. The fourth-order valence-corrected chi connectivity index (χ4v) is 5.17. The maximum absolute atomic E-state index is 13.3. The summed E-state index contributed by atoms with van der Waals surface area (Å²) in [4.78, 5) is 0.175. The van der Waals surface area contributed by atoms with Crippen molar-refractivity contribution in [2.45, 2.75) is 22.9 Å². The minimum atomic E-state index is -4.42. The largest absolute Gasteiger partial charge is 0.493 e. The molecule has 0 aliphatic heterocycles. The zero-order valence-electron chi connectivity index (χ0n) is 17.6. The SMILES string of the molecule is COc1c(S(=O)(=O)c2ccc(C)cc2)ccc2cc(-c3ccc(C(F)(F)F)cc3)n(C)c12. The van der Waals surface area contributed by atoms with E-state index in [4.69, 9.17) is 4.74 Å². The van der Waals surface area contributed by atoms with Gasteiger partial charge in [-0.25, -0.2) is 8.42 Å². The predicted molar refractivity (Wildman–Crippen MR) is 117 cm³/mol. The Kier molecular flexibility index (Phi) is 5.29. The summed E-state index contributed by atoms with van der Waals surface area (Å²) in [5.74, 6) is 0.184. The summed E-state index contributed by atoms with van der Waals surface area (Å²) in [5.41, 5.74) is 1.95. The monoisotopic (exact) mass is 459 g/mol. The van der Waals surface area contributed by atoms with Crippen LogP contribution in [0.25, 0.3) is 22.2 Å². The molecule has 0 aliphatic carbocycles. The first-order valence-electron chi connectivity index (χ1n) is 9.70. The zero-order valence-corrected chi connectivity index (χ0v) is 18.4. The standard InChI is InChI=1S/C24H20F3NO3S/c1-15-4-11-19(12-5-15)32(29,30)21-13-8-17-14-20(28(2)22(17)23(21)31-3)16-6-9-18(10-7-16)24(25,26)27/h4-14H,1-3H3. The molecule has 1 heterocycles. The summed E-state index contributed by atoms with van der Waals surface area (Å²) >= 11 is 0. The van der Waals surface area contributed by atoms with Crippen LogP contribution in [-0.4, -0.2) is 20.1 Å². The van der Waals surface area contributed by atoms with Crippen LogP contribution in [0.5, 0.6) is 5.75 Å². The van der Waals surface area contributed by atoms with Crippen LogP contribution in [0.3, 0.4) is 0 Å². The number of rotatable bonds is 4. The minimum Gasteiger partial charge on any atom is -0.493 e. The lowest BCUT2D eigenvalue weighted by Gasteiger charge is -2.13. The van der Waals surface area contributed by atoms with Crippen LogP contribution in [0.4, 0.5) is 13.2 Å². The number of methoxy groups -OCH3 is 1. The summed E-state index contributed by atoms with van der Waals surface area (Å²) in [6, 6.07) is 16.4. The average Bonchev–Trinajstić information content (AvgIpc) is 3.09. The van der Waals surface area contributed by atoms with E-state index in [9.17, 15) is 21.6 Å². The van der Waals surface area contributed by atoms with Crippen LogP contribution in [-0.2, 0) is 23.1 Å². The molecule has 0 atom stereocenters. The number of hydrogen-bond acceptors (Lipinski definition) is 3. The van der Waals surface area contributed by atoms with Crippen molar-refractivity contribution in [3.05, 3.63) is 77.9 Å². The molecule has 0 aliphatic rings. The Morgan fingerprint density at radius 3 is 2.09 bits per heavy atom. The molecule has 3 aromatic carbocycles. The highest BCUT2D eigenvalue weighted by Gasteiger charge is 2.30. The van der Waals surface area contributed by atoms with Crippen molar-refractivity contribution in [2.24, 2.45) is 7.05 Å². The number of benzene rings is 3. The number of nitrogens with zero attached hydrogens (tertiary/aromatic N) is 1. The fraction of sp³-hybridized carbons (Fsp3) is 0.167. The van der Waals surface area contributed by atoms with Crippen molar-refractivity contribution < 1.29 is 26.3 Å². The van der Waals surface area contributed by atoms with E-state index in [1.807, 2.05) is 6.92 Å². The number of alkyl halides is 3. The van der Waals surface area contributed by atoms with Gasteiger partial charge in [0, 0.05) is 18.1 Å². The van der Waals surface area contributed by atoms with Gasteiger partial charge in [-0.3, -0.25) is 0 Å². The van der Waals surface area contributed by atoms with E-state index in [0.29, 0.717) is 22.2 Å². The molecule has 0 radical (unpaired) electrons. The molecule has 4 nitrogen and oxygen atoms in total. The average molecular weight is 459 g/mol.